The zero-order chi connectivity index (χ0) is 18.1. The second-order valence-corrected chi connectivity index (χ2v) is 6.96. The van der Waals surface area contributed by atoms with Crippen LogP contribution in [-0.2, 0) is 4.79 Å². The van der Waals surface area contributed by atoms with Crippen LogP contribution < -0.4 is 9.64 Å². The standard InChI is InChI=1S/C19H16BrN3O3/c1-25-16-8-3-2-7-15(16)23-11-13(10-17(23)24)19-21-18(22-26-19)12-5-4-6-14(20)9-12/h2-9,13H,10-11H2,1H3. The molecule has 6 nitrogen and oxygen atoms in total. The zero-order valence-electron chi connectivity index (χ0n) is 14.1. The first-order chi connectivity index (χ1) is 12.7. The molecule has 0 saturated carbocycles. The lowest BCUT2D eigenvalue weighted by Gasteiger charge is -2.18. The minimum absolute atomic E-state index is 0.0155. The van der Waals surface area contributed by atoms with Crippen LogP contribution in [0.5, 0.6) is 5.75 Å². The molecule has 0 aliphatic carbocycles. The van der Waals surface area contributed by atoms with Gasteiger partial charge in [-0.25, -0.2) is 0 Å². The number of nitrogens with zero attached hydrogens (tertiary/aromatic N) is 3. The van der Waals surface area contributed by atoms with Gasteiger partial charge in [0, 0.05) is 23.0 Å². The Morgan fingerprint density at radius 3 is 2.88 bits per heavy atom. The maximum absolute atomic E-state index is 12.5. The highest BCUT2D eigenvalue weighted by Gasteiger charge is 2.36. The van der Waals surface area contributed by atoms with Crippen molar-refractivity contribution in [2.24, 2.45) is 0 Å². The Bertz CT molecular complexity index is 956. The molecule has 1 atom stereocenters. The topological polar surface area (TPSA) is 68.5 Å². The zero-order valence-corrected chi connectivity index (χ0v) is 15.6. The van der Waals surface area contributed by atoms with Crippen LogP contribution in [-0.4, -0.2) is 29.7 Å². The van der Waals surface area contributed by atoms with Crippen LogP contribution in [0.1, 0.15) is 18.2 Å². The van der Waals surface area contributed by atoms with Gasteiger partial charge < -0.3 is 14.2 Å². The van der Waals surface area contributed by atoms with Crippen molar-refractivity contribution in [1.82, 2.24) is 10.1 Å². The lowest BCUT2D eigenvalue weighted by molar-refractivity contribution is -0.117. The molecule has 1 aromatic heterocycles. The van der Waals surface area contributed by atoms with Crippen molar-refractivity contribution in [3.63, 3.8) is 0 Å². The SMILES string of the molecule is COc1ccccc1N1CC(c2nc(-c3cccc(Br)c3)no2)CC1=O. The van der Waals surface area contributed by atoms with Crippen molar-refractivity contribution >= 4 is 27.5 Å². The van der Waals surface area contributed by atoms with Gasteiger partial charge in [-0.1, -0.05) is 45.4 Å². The van der Waals surface area contributed by atoms with E-state index < -0.39 is 0 Å². The van der Waals surface area contributed by atoms with E-state index in [1.165, 1.54) is 0 Å². The first kappa shape index (κ1) is 16.8. The molecule has 0 bridgehead atoms. The fraction of sp³-hybridized carbons (Fsp3) is 0.211. The first-order valence-corrected chi connectivity index (χ1v) is 8.98. The number of para-hydroxylation sites is 2. The predicted octanol–water partition coefficient (Wildman–Crippen LogP) is 4.03. The molecular weight excluding hydrogens is 398 g/mol. The maximum atomic E-state index is 12.5. The van der Waals surface area contributed by atoms with Gasteiger partial charge in [0.2, 0.25) is 17.6 Å². The van der Waals surface area contributed by atoms with Gasteiger partial charge in [-0.3, -0.25) is 4.79 Å². The molecule has 1 unspecified atom stereocenters. The van der Waals surface area contributed by atoms with Gasteiger partial charge in [-0.2, -0.15) is 4.98 Å². The number of benzene rings is 2. The van der Waals surface area contributed by atoms with Crippen LogP contribution in [0.25, 0.3) is 11.4 Å². The van der Waals surface area contributed by atoms with Gasteiger partial charge in [-0.15, -0.1) is 0 Å². The molecule has 0 N–H and O–H groups in total. The Kier molecular flexibility index (Phi) is 4.46. The van der Waals surface area contributed by atoms with Crippen LogP contribution in [0, 0.1) is 0 Å². The van der Waals surface area contributed by atoms with E-state index in [2.05, 4.69) is 26.1 Å². The summed E-state index contributed by atoms with van der Waals surface area (Å²) in [6.45, 7) is 0.485. The largest absolute Gasteiger partial charge is 0.495 e. The van der Waals surface area contributed by atoms with E-state index in [1.807, 2.05) is 48.5 Å². The maximum Gasteiger partial charge on any atom is 0.232 e. The molecule has 0 radical (unpaired) electrons. The molecule has 132 valence electrons. The number of amides is 1. The molecule has 4 rings (SSSR count). The molecule has 2 heterocycles. The number of hydrogen-bond donors (Lipinski definition) is 0. The third kappa shape index (κ3) is 3.10. The number of methoxy groups -OCH3 is 1. The average Bonchev–Trinajstić information content (AvgIpc) is 3.28. The number of carbonyl (C=O) groups excluding carboxylic acids is 1. The van der Waals surface area contributed by atoms with Crippen molar-refractivity contribution in [2.75, 3.05) is 18.6 Å². The Hall–Kier alpha value is -2.67. The third-order valence-electron chi connectivity index (χ3n) is 4.37. The van der Waals surface area contributed by atoms with Gasteiger partial charge in [-0.05, 0) is 24.3 Å². The van der Waals surface area contributed by atoms with Crippen LogP contribution in [0.3, 0.4) is 0 Å². The normalized spacial score (nSPS) is 16.9. The summed E-state index contributed by atoms with van der Waals surface area (Å²) in [6.07, 6.45) is 0.332. The smallest absolute Gasteiger partial charge is 0.232 e. The molecule has 1 saturated heterocycles. The summed E-state index contributed by atoms with van der Waals surface area (Å²) in [5.74, 6) is 1.54. The number of rotatable bonds is 4. The number of hydrogen-bond acceptors (Lipinski definition) is 5. The van der Waals surface area contributed by atoms with E-state index >= 15 is 0 Å². The summed E-state index contributed by atoms with van der Waals surface area (Å²) >= 11 is 3.44. The van der Waals surface area contributed by atoms with Gasteiger partial charge in [0.15, 0.2) is 0 Å². The fourth-order valence-corrected chi connectivity index (χ4v) is 3.50. The molecule has 1 aliphatic heterocycles. The number of ether oxygens (including phenoxy) is 1. The molecule has 26 heavy (non-hydrogen) atoms. The van der Waals surface area contributed by atoms with E-state index in [0.29, 0.717) is 30.4 Å². The Morgan fingerprint density at radius 1 is 1.23 bits per heavy atom. The van der Waals surface area contributed by atoms with E-state index in [1.54, 1.807) is 12.0 Å². The van der Waals surface area contributed by atoms with E-state index in [-0.39, 0.29) is 11.8 Å². The molecule has 1 amide bonds. The average molecular weight is 414 g/mol. The summed E-state index contributed by atoms with van der Waals surface area (Å²) in [5, 5.41) is 4.07. The van der Waals surface area contributed by atoms with Crippen LogP contribution >= 0.6 is 15.9 Å². The lowest BCUT2D eigenvalue weighted by Crippen LogP contribution is -2.24. The second-order valence-electron chi connectivity index (χ2n) is 6.04. The third-order valence-corrected chi connectivity index (χ3v) is 4.87. The van der Waals surface area contributed by atoms with Crippen LogP contribution in [0.4, 0.5) is 5.69 Å². The summed E-state index contributed by atoms with van der Waals surface area (Å²) < 4.78 is 11.8. The van der Waals surface area contributed by atoms with Crippen molar-refractivity contribution < 1.29 is 14.1 Å². The Labute approximate surface area is 158 Å². The van der Waals surface area contributed by atoms with Gasteiger partial charge >= 0.3 is 0 Å². The summed E-state index contributed by atoms with van der Waals surface area (Å²) in [4.78, 5) is 18.7. The van der Waals surface area contributed by atoms with Crippen molar-refractivity contribution in [2.45, 2.75) is 12.3 Å². The highest BCUT2D eigenvalue weighted by atomic mass is 79.9. The Balaban J connectivity index is 1.58. The number of carbonyl (C=O) groups is 1. The number of aromatic nitrogens is 2. The summed E-state index contributed by atoms with van der Waals surface area (Å²) in [6, 6.07) is 15.2. The number of anilines is 1. The quantitative estimate of drug-likeness (QED) is 0.645. The van der Waals surface area contributed by atoms with E-state index in [9.17, 15) is 4.79 Å². The molecule has 0 spiro atoms. The molecule has 3 aromatic rings. The fourth-order valence-electron chi connectivity index (χ4n) is 3.10. The highest BCUT2D eigenvalue weighted by molar-refractivity contribution is 9.10. The highest BCUT2D eigenvalue weighted by Crippen LogP contribution is 2.36. The minimum atomic E-state index is -0.138. The van der Waals surface area contributed by atoms with Gasteiger partial charge in [0.25, 0.3) is 0 Å². The van der Waals surface area contributed by atoms with Crippen molar-refractivity contribution in [3.8, 4) is 17.1 Å². The summed E-state index contributed by atoms with van der Waals surface area (Å²) in [5.41, 5.74) is 1.62. The summed E-state index contributed by atoms with van der Waals surface area (Å²) in [7, 11) is 1.60. The van der Waals surface area contributed by atoms with Gasteiger partial charge in [0.05, 0.1) is 18.7 Å². The number of halogens is 1. The molecule has 2 aromatic carbocycles. The van der Waals surface area contributed by atoms with Crippen molar-refractivity contribution in [3.05, 3.63) is 58.9 Å². The molecular formula is C19H16BrN3O3. The van der Waals surface area contributed by atoms with Crippen LogP contribution in [0.2, 0.25) is 0 Å². The monoisotopic (exact) mass is 413 g/mol. The lowest BCUT2D eigenvalue weighted by atomic mass is 10.1. The molecule has 1 aliphatic rings. The predicted molar refractivity (Wildman–Crippen MR) is 100 cm³/mol. The van der Waals surface area contributed by atoms with E-state index in [4.69, 9.17) is 9.26 Å². The second kappa shape index (κ2) is 6.92. The van der Waals surface area contributed by atoms with E-state index in [0.717, 1.165) is 15.7 Å². The van der Waals surface area contributed by atoms with Gasteiger partial charge in [0.1, 0.15) is 5.75 Å². The first-order valence-electron chi connectivity index (χ1n) is 8.18. The molecule has 7 heteroatoms. The minimum Gasteiger partial charge on any atom is -0.495 e. The Morgan fingerprint density at radius 2 is 2.08 bits per heavy atom. The van der Waals surface area contributed by atoms with Crippen LogP contribution in [0.15, 0.2) is 57.5 Å². The van der Waals surface area contributed by atoms with Crippen molar-refractivity contribution in [1.29, 1.82) is 0 Å². The molecule has 1 fully saturated rings.